The number of primary amides is 1. The lowest BCUT2D eigenvalue weighted by Gasteiger charge is -2.25. The van der Waals surface area contributed by atoms with Gasteiger partial charge in [-0.3, -0.25) is 19.2 Å². The minimum Gasteiger partial charge on any atom is -0.508 e. The number of carbonyl (C=O) groups excluding carboxylic acids is 5. The molecule has 0 spiro atoms. The summed E-state index contributed by atoms with van der Waals surface area (Å²) in [4.78, 5) is 62.9. The Morgan fingerprint density at radius 2 is 1.10 bits per heavy atom. The molecule has 0 aromatic heterocycles. The first-order valence-electron chi connectivity index (χ1n) is 13.3. The van der Waals surface area contributed by atoms with E-state index < -0.39 is 59.5 Å². The van der Waals surface area contributed by atoms with Crippen LogP contribution in [-0.2, 0) is 36.8 Å². The first kappa shape index (κ1) is 33.4. The number of phenolic OH excluding ortho intramolecular Hbond substituents is 2. The number of hydrogen-bond donors (Lipinski definition) is 7. The van der Waals surface area contributed by atoms with Gasteiger partial charge in [0.05, 0.1) is 0 Å². The van der Waals surface area contributed by atoms with Crippen LogP contribution in [0.2, 0.25) is 0 Å². The summed E-state index contributed by atoms with van der Waals surface area (Å²) in [7, 11) is 0. The monoisotopic (exact) mass is 585 g/mol. The van der Waals surface area contributed by atoms with Crippen molar-refractivity contribution in [1.29, 1.82) is 0 Å². The van der Waals surface area contributed by atoms with E-state index >= 15 is 0 Å². The summed E-state index contributed by atoms with van der Waals surface area (Å²) in [6.07, 6.45) is -0.726. The highest BCUT2D eigenvalue weighted by Gasteiger charge is 2.29. The maximum Gasteiger partial charge on any atom is 0.408 e. The summed E-state index contributed by atoms with van der Waals surface area (Å²) in [5.41, 5.74) is 5.90. The molecule has 228 valence electrons. The fraction of sp³-hybridized carbons (Fsp3) is 0.414. The van der Waals surface area contributed by atoms with Gasteiger partial charge in [0.2, 0.25) is 23.6 Å². The van der Waals surface area contributed by atoms with E-state index in [1.54, 1.807) is 45.0 Å². The number of carbonyl (C=O) groups is 5. The van der Waals surface area contributed by atoms with Crippen LogP contribution in [0.1, 0.15) is 45.7 Å². The Morgan fingerprint density at radius 3 is 1.52 bits per heavy atom. The lowest BCUT2D eigenvalue weighted by atomic mass is 10.0. The van der Waals surface area contributed by atoms with E-state index in [9.17, 15) is 34.2 Å². The van der Waals surface area contributed by atoms with E-state index in [1.807, 2.05) is 0 Å². The van der Waals surface area contributed by atoms with Crippen molar-refractivity contribution < 1.29 is 38.9 Å². The van der Waals surface area contributed by atoms with Crippen molar-refractivity contribution in [2.75, 3.05) is 0 Å². The molecular weight excluding hydrogens is 546 g/mol. The Labute approximate surface area is 244 Å². The number of nitrogens with one attached hydrogen (secondary N) is 4. The zero-order valence-electron chi connectivity index (χ0n) is 24.3. The number of benzene rings is 2. The smallest absolute Gasteiger partial charge is 0.408 e. The first-order chi connectivity index (χ1) is 19.5. The fourth-order valence-corrected chi connectivity index (χ4v) is 3.70. The van der Waals surface area contributed by atoms with Crippen LogP contribution in [0.15, 0.2) is 48.5 Å². The Morgan fingerprint density at radius 1 is 0.690 bits per heavy atom. The molecule has 2 aromatic rings. The lowest BCUT2D eigenvalue weighted by molar-refractivity contribution is -0.133. The molecule has 13 heteroatoms. The van der Waals surface area contributed by atoms with Gasteiger partial charge in [-0.1, -0.05) is 24.3 Å². The van der Waals surface area contributed by atoms with Gasteiger partial charge >= 0.3 is 6.09 Å². The van der Waals surface area contributed by atoms with Gasteiger partial charge in [0.25, 0.3) is 0 Å². The Hall–Kier alpha value is -4.81. The fourth-order valence-electron chi connectivity index (χ4n) is 3.70. The Balaban J connectivity index is 2.01. The van der Waals surface area contributed by atoms with Crippen LogP contribution in [0.25, 0.3) is 0 Å². The molecule has 5 amide bonds. The molecule has 0 fully saturated rings. The summed E-state index contributed by atoms with van der Waals surface area (Å²) < 4.78 is 5.26. The summed E-state index contributed by atoms with van der Waals surface area (Å²) in [6, 6.07) is 7.69. The highest BCUT2D eigenvalue weighted by atomic mass is 16.6. The second-order valence-corrected chi connectivity index (χ2v) is 10.9. The van der Waals surface area contributed by atoms with Gasteiger partial charge < -0.3 is 42.0 Å². The molecule has 0 radical (unpaired) electrons. The first-order valence-corrected chi connectivity index (χ1v) is 13.3. The Kier molecular flexibility index (Phi) is 11.7. The van der Waals surface area contributed by atoms with E-state index in [2.05, 4.69) is 21.3 Å². The van der Waals surface area contributed by atoms with Gasteiger partial charge in [-0.25, -0.2) is 4.79 Å². The van der Waals surface area contributed by atoms with E-state index in [0.717, 1.165) is 0 Å². The SMILES string of the molecule is C[C@H](NC(=O)[C@H](C)NC(=O)[C@H](Cc1ccc(O)cc1)NC(=O)OC(C)(C)C)C(=O)N[C@@H](Cc1ccc(O)cc1)C(N)=O. The number of hydrogen-bond acceptors (Lipinski definition) is 8. The number of rotatable bonds is 12. The van der Waals surface area contributed by atoms with Gasteiger partial charge in [0, 0.05) is 12.8 Å². The van der Waals surface area contributed by atoms with Gasteiger partial charge in [0.1, 0.15) is 41.3 Å². The van der Waals surface area contributed by atoms with Crippen molar-refractivity contribution in [2.45, 2.75) is 77.2 Å². The van der Waals surface area contributed by atoms with Crippen LogP contribution < -0.4 is 27.0 Å². The average molecular weight is 586 g/mol. The molecule has 0 heterocycles. The third-order valence-electron chi connectivity index (χ3n) is 5.92. The molecule has 42 heavy (non-hydrogen) atoms. The highest BCUT2D eigenvalue weighted by molar-refractivity contribution is 5.94. The van der Waals surface area contributed by atoms with Gasteiger partial charge in [-0.05, 0) is 70.0 Å². The van der Waals surface area contributed by atoms with E-state index in [1.165, 1.54) is 38.1 Å². The van der Waals surface area contributed by atoms with Crippen LogP contribution in [0, 0.1) is 0 Å². The van der Waals surface area contributed by atoms with Crippen molar-refractivity contribution in [3.8, 4) is 11.5 Å². The van der Waals surface area contributed by atoms with Crippen LogP contribution >= 0.6 is 0 Å². The van der Waals surface area contributed by atoms with Gasteiger partial charge in [0.15, 0.2) is 0 Å². The number of nitrogens with two attached hydrogens (primary N) is 1. The van der Waals surface area contributed by atoms with E-state index in [-0.39, 0.29) is 24.3 Å². The molecule has 0 aliphatic heterocycles. The molecule has 0 unspecified atom stereocenters. The molecule has 0 aliphatic rings. The Bertz CT molecular complexity index is 1260. The predicted molar refractivity (Wildman–Crippen MR) is 153 cm³/mol. The summed E-state index contributed by atoms with van der Waals surface area (Å²) in [5, 5.41) is 29.0. The highest BCUT2D eigenvalue weighted by Crippen LogP contribution is 2.13. The summed E-state index contributed by atoms with van der Waals surface area (Å²) in [5.74, 6) is -2.76. The predicted octanol–water partition coefficient (Wildman–Crippen LogP) is 0.756. The van der Waals surface area contributed by atoms with Crippen LogP contribution in [0.5, 0.6) is 11.5 Å². The van der Waals surface area contributed by atoms with Crippen LogP contribution in [0.3, 0.4) is 0 Å². The zero-order chi connectivity index (χ0) is 31.6. The van der Waals surface area contributed by atoms with Gasteiger partial charge in [-0.2, -0.15) is 0 Å². The molecule has 8 N–H and O–H groups in total. The molecular formula is C29H39N5O8. The third kappa shape index (κ3) is 11.4. The molecule has 4 atom stereocenters. The van der Waals surface area contributed by atoms with Crippen LogP contribution in [0.4, 0.5) is 4.79 Å². The van der Waals surface area contributed by atoms with Crippen molar-refractivity contribution in [3.05, 3.63) is 59.7 Å². The normalized spacial score (nSPS) is 13.9. The lowest BCUT2D eigenvalue weighted by Crippen LogP contribution is -2.57. The second-order valence-electron chi connectivity index (χ2n) is 10.9. The van der Waals surface area contributed by atoms with Crippen molar-refractivity contribution >= 4 is 29.7 Å². The quantitative estimate of drug-likeness (QED) is 0.189. The summed E-state index contributed by atoms with van der Waals surface area (Å²) >= 11 is 0. The number of ether oxygens (including phenoxy) is 1. The molecule has 0 aliphatic carbocycles. The molecule has 2 rings (SSSR count). The second kappa shape index (κ2) is 14.7. The average Bonchev–Trinajstić information content (AvgIpc) is 2.88. The number of alkyl carbamates (subject to hydrolysis) is 1. The van der Waals surface area contributed by atoms with E-state index in [4.69, 9.17) is 10.5 Å². The van der Waals surface area contributed by atoms with Crippen molar-refractivity contribution in [3.63, 3.8) is 0 Å². The molecule has 0 saturated carbocycles. The third-order valence-corrected chi connectivity index (χ3v) is 5.92. The maximum absolute atomic E-state index is 13.1. The largest absolute Gasteiger partial charge is 0.508 e. The molecule has 13 nitrogen and oxygen atoms in total. The maximum atomic E-state index is 13.1. The summed E-state index contributed by atoms with van der Waals surface area (Å²) in [6.45, 7) is 7.82. The minimum absolute atomic E-state index is 0.0332. The molecule has 2 aromatic carbocycles. The standard InChI is InChI=1S/C29H39N5O8/c1-16(25(38)31-17(2)26(39)33-22(24(30)37)14-18-6-10-20(35)11-7-18)32-27(40)23(34-28(41)42-29(3,4)5)15-19-8-12-21(36)13-9-19/h6-13,16-17,22-23,35-36H,14-15H2,1-5H3,(H2,30,37)(H,31,38)(H,32,40)(H,33,39)(H,34,41)/t16-,17-,22-,23-/m0/s1. The minimum atomic E-state index is -1.13. The van der Waals surface area contributed by atoms with Gasteiger partial charge in [-0.15, -0.1) is 0 Å². The van der Waals surface area contributed by atoms with Crippen molar-refractivity contribution in [2.24, 2.45) is 5.73 Å². The number of aromatic hydroxyl groups is 2. The molecule has 0 saturated heterocycles. The number of phenols is 2. The topological polar surface area (TPSA) is 209 Å². The van der Waals surface area contributed by atoms with Crippen molar-refractivity contribution in [1.82, 2.24) is 21.3 Å². The van der Waals surface area contributed by atoms with E-state index in [0.29, 0.717) is 11.1 Å². The van der Waals surface area contributed by atoms with Crippen LogP contribution in [-0.4, -0.2) is 69.7 Å². The molecule has 0 bridgehead atoms. The zero-order valence-corrected chi connectivity index (χ0v) is 24.3. The number of amides is 5.